The van der Waals surface area contributed by atoms with E-state index in [1.165, 1.54) is 5.56 Å². The van der Waals surface area contributed by atoms with Crippen LogP contribution in [-0.2, 0) is 17.8 Å². The number of para-hydroxylation sites is 2. The maximum atomic E-state index is 12.6. The number of likely N-dealkylation sites (tertiary alicyclic amines) is 1. The van der Waals surface area contributed by atoms with Crippen molar-refractivity contribution < 1.29 is 14.3 Å². The molecule has 1 N–H and O–H groups in total. The number of nitrogens with zero attached hydrogens (tertiary/aromatic N) is 2. The van der Waals surface area contributed by atoms with Gasteiger partial charge in [-0.1, -0.05) is 42.5 Å². The Bertz CT molecular complexity index is 971. The van der Waals surface area contributed by atoms with Crippen molar-refractivity contribution in [3.05, 3.63) is 77.6 Å². The molecule has 1 saturated heterocycles. The summed E-state index contributed by atoms with van der Waals surface area (Å²) in [6, 6.07) is 19.8. The summed E-state index contributed by atoms with van der Waals surface area (Å²) < 4.78 is 11.2. The summed E-state index contributed by atoms with van der Waals surface area (Å²) in [5.74, 6) is 1.89. The van der Waals surface area contributed by atoms with E-state index in [4.69, 9.17) is 9.47 Å². The molecule has 0 radical (unpaired) electrons. The molecule has 1 aromatic heterocycles. The highest BCUT2D eigenvalue weighted by molar-refractivity contribution is 5.76. The maximum absolute atomic E-state index is 12.6. The predicted molar refractivity (Wildman–Crippen MR) is 115 cm³/mol. The molecule has 1 aliphatic rings. The quantitative estimate of drug-likeness (QED) is 0.616. The van der Waals surface area contributed by atoms with Gasteiger partial charge in [-0.25, -0.2) is 0 Å². The SMILES string of the molecule is COc1ccccc1OCc1cc([C@@H]2CCN(C(=O)CCc3ccccc3)C2)n[nH]1. The van der Waals surface area contributed by atoms with Gasteiger partial charge in [0.1, 0.15) is 6.61 Å². The highest BCUT2D eigenvalue weighted by Gasteiger charge is 2.28. The van der Waals surface area contributed by atoms with Gasteiger partial charge in [-0.15, -0.1) is 0 Å². The van der Waals surface area contributed by atoms with Gasteiger partial charge >= 0.3 is 0 Å². The van der Waals surface area contributed by atoms with Crippen molar-refractivity contribution in [1.82, 2.24) is 15.1 Å². The topological polar surface area (TPSA) is 67.5 Å². The first kappa shape index (κ1) is 20.0. The number of methoxy groups -OCH3 is 1. The molecule has 30 heavy (non-hydrogen) atoms. The van der Waals surface area contributed by atoms with E-state index in [9.17, 15) is 4.79 Å². The van der Waals surface area contributed by atoms with E-state index in [0.717, 1.165) is 37.3 Å². The number of rotatable bonds is 8. The zero-order chi connectivity index (χ0) is 20.8. The molecule has 0 saturated carbocycles. The third-order valence-electron chi connectivity index (χ3n) is 5.53. The predicted octanol–water partition coefficient (Wildman–Crippen LogP) is 3.95. The maximum Gasteiger partial charge on any atom is 0.222 e. The normalized spacial score (nSPS) is 15.9. The molecule has 6 nitrogen and oxygen atoms in total. The molecule has 4 rings (SSSR count). The Kier molecular flexibility index (Phi) is 6.32. The Morgan fingerprint density at radius 2 is 1.90 bits per heavy atom. The number of nitrogens with one attached hydrogen (secondary N) is 1. The second-order valence-corrected chi connectivity index (χ2v) is 7.57. The van der Waals surface area contributed by atoms with Crippen LogP contribution in [0.15, 0.2) is 60.7 Å². The van der Waals surface area contributed by atoms with Crippen molar-refractivity contribution >= 4 is 5.91 Å². The van der Waals surface area contributed by atoms with E-state index in [1.54, 1.807) is 7.11 Å². The molecule has 0 spiro atoms. The number of carbonyl (C=O) groups is 1. The minimum absolute atomic E-state index is 0.219. The monoisotopic (exact) mass is 405 g/mol. The summed E-state index contributed by atoms with van der Waals surface area (Å²) in [5, 5.41) is 7.53. The minimum Gasteiger partial charge on any atom is -0.493 e. The van der Waals surface area contributed by atoms with E-state index in [0.29, 0.717) is 24.5 Å². The van der Waals surface area contributed by atoms with Gasteiger partial charge in [0, 0.05) is 25.4 Å². The van der Waals surface area contributed by atoms with E-state index < -0.39 is 0 Å². The third kappa shape index (κ3) is 4.82. The largest absolute Gasteiger partial charge is 0.493 e. The lowest BCUT2D eigenvalue weighted by atomic mass is 10.1. The summed E-state index contributed by atoms with van der Waals surface area (Å²) in [6.07, 6.45) is 2.28. The Hall–Kier alpha value is -3.28. The summed E-state index contributed by atoms with van der Waals surface area (Å²) in [7, 11) is 1.63. The second kappa shape index (κ2) is 9.48. The number of benzene rings is 2. The number of amides is 1. The molecule has 2 heterocycles. The van der Waals surface area contributed by atoms with Crippen LogP contribution in [0.25, 0.3) is 0 Å². The molecule has 1 atom stereocenters. The number of hydrogen-bond acceptors (Lipinski definition) is 4. The Labute approximate surface area is 176 Å². The molecule has 2 aromatic carbocycles. The van der Waals surface area contributed by atoms with E-state index in [1.807, 2.05) is 53.4 Å². The van der Waals surface area contributed by atoms with E-state index in [2.05, 4.69) is 22.3 Å². The highest BCUT2D eigenvalue weighted by Crippen LogP contribution is 2.29. The number of aromatic nitrogens is 2. The zero-order valence-electron chi connectivity index (χ0n) is 17.2. The van der Waals surface area contributed by atoms with Crippen LogP contribution in [0.3, 0.4) is 0 Å². The van der Waals surface area contributed by atoms with Gasteiger partial charge in [0.25, 0.3) is 0 Å². The smallest absolute Gasteiger partial charge is 0.222 e. The second-order valence-electron chi connectivity index (χ2n) is 7.57. The molecule has 6 heteroatoms. The van der Waals surface area contributed by atoms with Gasteiger partial charge in [0.2, 0.25) is 5.91 Å². The summed E-state index contributed by atoms with van der Waals surface area (Å²) >= 11 is 0. The van der Waals surface area contributed by atoms with Gasteiger partial charge in [0.15, 0.2) is 11.5 Å². The van der Waals surface area contributed by atoms with Crippen LogP contribution in [0, 0.1) is 0 Å². The van der Waals surface area contributed by atoms with Gasteiger partial charge in [0.05, 0.1) is 18.5 Å². The lowest BCUT2D eigenvalue weighted by molar-refractivity contribution is -0.130. The van der Waals surface area contributed by atoms with E-state index in [-0.39, 0.29) is 11.8 Å². The Morgan fingerprint density at radius 1 is 1.13 bits per heavy atom. The molecule has 156 valence electrons. The minimum atomic E-state index is 0.219. The van der Waals surface area contributed by atoms with Crippen molar-refractivity contribution in [2.24, 2.45) is 0 Å². The van der Waals surface area contributed by atoms with Gasteiger partial charge < -0.3 is 14.4 Å². The van der Waals surface area contributed by atoms with Crippen LogP contribution in [0.5, 0.6) is 11.5 Å². The van der Waals surface area contributed by atoms with E-state index >= 15 is 0 Å². The van der Waals surface area contributed by atoms with Crippen LogP contribution < -0.4 is 9.47 Å². The molecular weight excluding hydrogens is 378 g/mol. The first-order valence-corrected chi connectivity index (χ1v) is 10.3. The first-order chi connectivity index (χ1) is 14.7. The summed E-state index contributed by atoms with van der Waals surface area (Å²) in [4.78, 5) is 14.6. The van der Waals surface area contributed by atoms with Crippen LogP contribution in [0.2, 0.25) is 0 Å². The molecule has 1 amide bonds. The number of H-pyrrole nitrogens is 1. The number of carbonyl (C=O) groups excluding carboxylic acids is 1. The average Bonchev–Trinajstić information content (AvgIpc) is 3.47. The number of hydrogen-bond donors (Lipinski definition) is 1. The fraction of sp³-hybridized carbons (Fsp3) is 0.333. The van der Waals surface area contributed by atoms with Crippen molar-refractivity contribution in [3.63, 3.8) is 0 Å². The van der Waals surface area contributed by atoms with Crippen molar-refractivity contribution in [2.75, 3.05) is 20.2 Å². The third-order valence-corrected chi connectivity index (χ3v) is 5.53. The Morgan fingerprint density at radius 3 is 2.70 bits per heavy atom. The summed E-state index contributed by atoms with van der Waals surface area (Å²) in [6.45, 7) is 1.91. The molecule has 0 bridgehead atoms. The number of ether oxygens (including phenoxy) is 2. The number of aryl methyl sites for hydroxylation is 1. The summed E-state index contributed by atoms with van der Waals surface area (Å²) in [5.41, 5.74) is 3.10. The highest BCUT2D eigenvalue weighted by atomic mass is 16.5. The molecule has 3 aromatic rings. The van der Waals surface area contributed by atoms with Gasteiger partial charge in [-0.3, -0.25) is 9.89 Å². The molecule has 1 fully saturated rings. The van der Waals surface area contributed by atoms with Crippen LogP contribution in [-0.4, -0.2) is 41.2 Å². The fourth-order valence-corrected chi connectivity index (χ4v) is 3.84. The van der Waals surface area contributed by atoms with Crippen molar-refractivity contribution in [3.8, 4) is 11.5 Å². The molecule has 0 unspecified atom stereocenters. The van der Waals surface area contributed by atoms with Crippen LogP contribution >= 0.6 is 0 Å². The fourth-order valence-electron chi connectivity index (χ4n) is 3.84. The standard InChI is InChI=1S/C24H27N3O3/c1-29-22-9-5-6-10-23(22)30-17-20-15-21(26-25-20)19-13-14-27(16-19)24(28)12-11-18-7-3-2-4-8-18/h2-10,15,19H,11-14,16-17H2,1H3,(H,25,26)/t19-/m1/s1. The van der Waals surface area contributed by atoms with Gasteiger partial charge in [-0.05, 0) is 36.6 Å². The number of aromatic amines is 1. The lowest BCUT2D eigenvalue weighted by Gasteiger charge is -2.16. The molecule has 1 aliphatic heterocycles. The van der Waals surface area contributed by atoms with Gasteiger partial charge in [-0.2, -0.15) is 5.10 Å². The van der Waals surface area contributed by atoms with Crippen molar-refractivity contribution in [2.45, 2.75) is 31.8 Å². The molecule has 0 aliphatic carbocycles. The van der Waals surface area contributed by atoms with Crippen LogP contribution in [0.1, 0.15) is 35.7 Å². The zero-order valence-corrected chi connectivity index (χ0v) is 17.2. The first-order valence-electron chi connectivity index (χ1n) is 10.3. The lowest BCUT2D eigenvalue weighted by Crippen LogP contribution is -2.28. The molecular formula is C24H27N3O3. The Balaban J connectivity index is 1.28. The van der Waals surface area contributed by atoms with Crippen LogP contribution in [0.4, 0.5) is 0 Å². The average molecular weight is 405 g/mol. The van der Waals surface area contributed by atoms with Crippen molar-refractivity contribution in [1.29, 1.82) is 0 Å².